The van der Waals surface area contributed by atoms with Crippen molar-refractivity contribution in [2.24, 2.45) is 0 Å². The summed E-state index contributed by atoms with van der Waals surface area (Å²) < 4.78 is 0. The van der Waals surface area contributed by atoms with Crippen LogP contribution < -0.4 is 10.6 Å². The van der Waals surface area contributed by atoms with Crippen LogP contribution in [0.4, 0.5) is 0 Å². The average molecular weight is 236 g/mol. The van der Waals surface area contributed by atoms with Crippen LogP contribution >= 0.6 is 0 Å². The number of amides is 1. The van der Waals surface area contributed by atoms with E-state index in [1.54, 1.807) is 0 Å². The summed E-state index contributed by atoms with van der Waals surface area (Å²) in [5.74, 6) is 0.121. The average Bonchev–Trinajstić information content (AvgIpc) is 2.82. The van der Waals surface area contributed by atoms with E-state index in [4.69, 9.17) is 0 Å². The molecule has 1 amide bonds. The maximum absolute atomic E-state index is 11.9. The van der Waals surface area contributed by atoms with Gasteiger partial charge in [0.15, 0.2) is 0 Å². The third kappa shape index (κ3) is 3.31. The summed E-state index contributed by atoms with van der Waals surface area (Å²) in [6.07, 6.45) is 4.73. The summed E-state index contributed by atoms with van der Waals surface area (Å²) in [7, 11) is 2.00. The number of aromatic nitrogens is 1. The standard InChI is InChI=1S/C12H20N4O/c1-16-7-6-14-9-11(16)12(17)15-5-3-10-2-4-13-8-10/h2,4,8,11,13-14H,3,5-7,9H2,1H3,(H,15,17). The predicted octanol–water partition coefficient (Wildman–Crippen LogP) is -0.423. The van der Waals surface area contributed by atoms with Crippen LogP contribution in [-0.2, 0) is 11.2 Å². The van der Waals surface area contributed by atoms with Crippen LogP contribution in [0.3, 0.4) is 0 Å². The van der Waals surface area contributed by atoms with Crippen molar-refractivity contribution in [2.75, 3.05) is 33.2 Å². The maximum Gasteiger partial charge on any atom is 0.238 e. The van der Waals surface area contributed by atoms with Crippen LogP contribution in [0.15, 0.2) is 18.5 Å². The van der Waals surface area contributed by atoms with Crippen molar-refractivity contribution in [3.05, 3.63) is 24.0 Å². The van der Waals surface area contributed by atoms with E-state index in [9.17, 15) is 4.79 Å². The molecular formula is C12H20N4O. The van der Waals surface area contributed by atoms with E-state index >= 15 is 0 Å². The van der Waals surface area contributed by atoms with E-state index in [2.05, 4.69) is 20.5 Å². The van der Waals surface area contributed by atoms with Gasteiger partial charge in [-0.3, -0.25) is 9.69 Å². The van der Waals surface area contributed by atoms with Crippen molar-refractivity contribution >= 4 is 5.91 Å². The molecule has 1 unspecified atom stereocenters. The molecule has 0 radical (unpaired) electrons. The van der Waals surface area contributed by atoms with E-state index in [0.717, 1.165) is 26.1 Å². The molecule has 0 saturated carbocycles. The van der Waals surface area contributed by atoms with Crippen LogP contribution in [0.5, 0.6) is 0 Å². The van der Waals surface area contributed by atoms with E-state index in [-0.39, 0.29) is 11.9 Å². The Labute approximate surface area is 102 Å². The van der Waals surface area contributed by atoms with Crippen LogP contribution in [0, 0.1) is 0 Å². The molecule has 1 aliphatic rings. The quantitative estimate of drug-likeness (QED) is 0.665. The second-order valence-corrected chi connectivity index (χ2v) is 4.46. The number of aromatic amines is 1. The summed E-state index contributed by atoms with van der Waals surface area (Å²) in [5.41, 5.74) is 1.22. The van der Waals surface area contributed by atoms with Crippen molar-refractivity contribution in [2.45, 2.75) is 12.5 Å². The lowest BCUT2D eigenvalue weighted by Gasteiger charge is -2.31. The first-order valence-electron chi connectivity index (χ1n) is 6.07. The van der Waals surface area contributed by atoms with Crippen molar-refractivity contribution in [3.63, 3.8) is 0 Å². The molecule has 17 heavy (non-hydrogen) atoms. The first kappa shape index (κ1) is 12.1. The Hall–Kier alpha value is -1.33. The fourth-order valence-electron chi connectivity index (χ4n) is 2.06. The summed E-state index contributed by atoms with van der Waals surface area (Å²) in [6.45, 7) is 3.33. The number of hydrogen-bond donors (Lipinski definition) is 3. The van der Waals surface area contributed by atoms with Crippen molar-refractivity contribution < 1.29 is 4.79 Å². The zero-order chi connectivity index (χ0) is 12.1. The molecule has 1 saturated heterocycles. The molecule has 3 N–H and O–H groups in total. The van der Waals surface area contributed by atoms with Crippen LogP contribution in [-0.4, -0.2) is 55.1 Å². The van der Waals surface area contributed by atoms with Gasteiger partial charge in [-0.1, -0.05) is 0 Å². The lowest BCUT2D eigenvalue weighted by Crippen LogP contribution is -2.56. The first-order chi connectivity index (χ1) is 8.27. The SMILES string of the molecule is CN1CCNCC1C(=O)NCCc1cc[nH]c1. The Morgan fingerprint density at radius 1 is 1.65 bits per heavy atom. The third-order valence-electron chi connectivity index (χ3n) is 3.19. The lowest BCUT2D eigenvalue weighted by molar-refractivity contribution is -0.126. The molecule has 5 heteroatoms. The molecule has 0 aromatic carbocycles. The minimum absolute atomic E-state index is 0.0324. The highest BCUT2D eigenvalue weighted by Crippen LogP contribution is 2.00. The number of piperazine rings is 1. The molecule has 1 aromatic heterocycles. The summed E-state index contributed by atoms with van der Waals surface area (Å²) >= 11 is 0. The van der Waals surface area contributed by atoms with E-state index < -0.39 is 0 Å². The van der Waals surface area contributed by atoms with Gasteiger partial charge in [-0.25, -0.2) is 0 Å². The summed E-state index contributed by atoms with van der Waals surface area (Å²) in [4.78, 5) is 17.0. The molecule has 0 spiro atoms. The Bertz CT molecular complexity index is 349. The third-order valence-corrected chi connectivity index (χ3v) is 3.19. The van der Waals surface area contributed by atoms with E-state index in [1.165, 1.54) is 5.56 Å². The van der Waals surface area contributed by atoms with Gasteiger partial charge in [0.05, 0.1) is 0 Å². The van der Waals surface area contributed by atoms with Gasteiger partial charge in [-0.05, 0) is 25.1 Å². The molecule has 0 aliphatic carbocycles. The topological polar surface area (TPSA) is 60.2 Å². The van der Waals surface area contributed by atoms with Crippen molar-refractivity contribution in [1.82, 2.24) is 20.5 Å². The molecule has 5 nitrogen and oxygen atoms in total. The van der Waals surface area contributed by atoms with Gasteiger partial charge < -0.3 is 15.6 Å². The number of likely N-dealkylation sites (N-methyl/N-ethyl adjacent to an activating group) is 1. The number of hydrogen-bond acceptors (Lipinski definition) is 3. The number of carbonyl (C=O) groups is 1. The first-order valence-corrected chi connectivity index (χ1v) is 6.07. The molecule has 2 heterocycles. The number of nitrogens with one attached hydrogen (secondary N) is 3. The van der Waals surface area contributed by atoms with Gasteiger partial charge in [-0.15, -0.1) is 0 Å². The molecule has 0 bridgehead atoms. The van der Waals surface area contributed by atoms with Gasteiger partial charge in [0.25, 0.3) is 0 Å². The monoisotopic (exact) mass is 236 g/mol. The summed E-state index contributed by atoms with van der Waals surface area (Å²) in [5, 5.41) is 6.23. The number of carbonyl (C=O) groups excluding carboxylic acids is 1. The highest BCUT2D eigenvalue weighted by Gasteiger charge is 2.24. The zero-order valence-corrected chi connectivity index (χ0v) is 10.2. The van der Waals surface area contributed by atoms with Gasteiger partial charge in [-0.2, -0.15) is 0 Å². The van der Waals surface area contributed by atoms with Crippen molar-refractivity contribution in [3.8, 4) is 0 Å². The summed E-state index contributed by atoms with van der Waals surface area (Å²) in [6, 6.07) is 2.00. The molecular weight excluding hydrogens is 216 g/mol. The van der Waals surface area contributed by atoms with Gasteiger partial charge in [0.1, 0.15) is 6.04 Å². The van der Waals surface area contributed by atoms with E-state index in [0.29, 0.717) is 6.54 Å². The van der Waals surface area contributed by atoms with Gasteiger partial charge in [0.2, 0.25) is 5.91 Å². The maximum atomic E-state index is 11.9. The fraction of sp³-hybridized carbons (Fsp3) is 0.583. The molecule has 1 aliphatic heterocycles. The highest BCUT2D eigenvalue weighted by molar-refractivity contribution is 5.82. The van der Waals surface area contributed by atoms with E-state index in [1.807, 2.05) is 25.5 Å². The molecule has 2 rings (SSSR count). The second kappa shape index (κ2) is 5.84. The van der Waals surface area contributed by atoms with Crippen LogP contribution in [0.1, 0.15) is 5.56 Å². The Balaban J connectivity index is 1.73. The second-order valence-electron chi connectivity index (χ2n) is 4.46. The molecule has 1 atom stereocenters. The minimum atomic E-state index is -0.0324. The van der Waals surface area contributed by atoms with Gasteiger partial charge >= 0.3 is 0 Å². The Morgan fingerprint density at radius 2 is 2.53 bits per heavy atom. The minimum Gasteiger partial charge on any atom is -0.367 e. The molecule has 1 aromatic rings. The largest absolute Gasteiger partial charge is 0.367 e. The number of H-pyrrole nitrogens is 1. The lowest BCUT2D eigenvalue weighted by atomic mass is 10.2. The predicted molar refractivity (Wildman–Crippen MR) is 66.8 cm³/mol. The number of rotatable bonds is 4. The van der Waals surface area contributed by atoms with Gasteiger partial charge in [0, 0.05) is 38.6 Å². The molecule has 94 valence electrons. The normalized spacial score (nSPS) is 21.4. The molecule has 1 fully saturated rings. The number of nitrogens with zero attached hydrogens (tertiary/aromatic N) is 1. The van der Waals surface area contributed by atoms with Crippen LogP contribution in [0.2, 0.25) is 0 Å². The van der Waals surface area contributed by atoms with Crippen molar-refractivity contribution in [1.29, 1.82) is 0 Å². The smallest absolute Gasteiger partial charge is 0.238 e. The fourth-order valence-corrected chi connectivity index (χ4v) is 2.06. The highest BCUT2D eigenvalue weighted by atomic mass is 16.2. The van der Waals surface area contributed by atoms with Crippen LogP contribution in [0.25, 0.3) is 0 Å². The Morgan fingerprint density at radius 3 is 3.24 bits per heavy atom. The zero-order valence-electron chi connectivity index (χ0n) is 10.2. The Kier molecular flexibility index (Phi) is 4.17.